The van der Waals surface area contributed by atoms with Gasteiger partial charge in [-0.15, -0.1) is 0 Å². The number of aliphatic hydroxyl groups is 1. The number of aromatic nitrogens is 2. The minimum Gasteiger partial charge on any atom is -0.486 e. The summed E-state index contributed by atoms with van der Waals surface area (Å²) in [6.45, 7) is 5.65. The molecule has 3 aromatic rings. The highest BCUT2D eigenvalue weighted by atomic mass is 32.1. The van der Waals surface area contributed by atoms with Gasteiger partial charge in [0.05, 0.1) is 18.4 Å². The van der Waals surface area contributed by atoms with Crippen molar-refractivity contribution in [3.05, 3.63) is 64.9 Å². The molecular weight excluding hydrogens is 568 g/mol. The van der Waals surface area contributed by atoms with Crippen LogP contribution in [0, 0.1) is 6.92 Å². The van der Waals surface area contributed by atoms with E-state index in [0.717, 1.165) is 49.6 Å². The summed E-state index contributed by atoms with van der Waals surface area (Å²) in [6.07, 6.45) is 5.02. The number of fused-ring (bicyclic) bond motifs is 1. The Kier molecular flexibility index (Phi) is 11.7. The first-order chi connectivity index (χ1) is 20.4. The molecule has 12 heteroatoms. The van der Waals surface area contributed by atoms with E-state index in [2.05, 4.69) is 32.7 Å². The molecule has 1 aromatic carbocycles. The number of aliphatic hydroxyl groups excluding tert-OH is 1. The van der Waals surface area contributed by atoms with Crippen molar-refractivity contribution in [2.45, 2.75) is 57.9 Å². The van der Waals surface area contributed by atoms with Gasteiger partial charge in [-0.2, -0.15) is 13.5 Å². The smallest absolute Gasteiger partial charge is 0.251 e. The Balaban J connectivity index is 0.00000423. The van der Waals surface area contributed by atoms with Crippen molar-refractivity contribution < 1.29 is 23.8 Å². The van der Waals surface area contributed by atoms with Gasteiger partial charge in [-0.3, -0.25) is 9.69 Å². The molecule has 0 unspecified atom stereocenters. The van der Waals surface area contributed by atoms with Crippen LogP contribution >= 0.6 is 13.5 Å². The number of pyridine rings is 1. The Labute approximate surface area is 260 Å². The van der Waals surface area contributed by atoms with Gasteiger partial charge in [0.25, 0.3) is 5.91 Å². The number of nitrogens with one attached hydrogen (secondary N) is 2. The quantitative estimate of drug-likeness (QED) is 0.250. The first-order valence-corrected chi connectivity index (χ1v) is 14.7. The number of oxazole rings is 1. The molecule has 5 rings (SSSR count). The van der Waals surface area contributed by atoms with Gasteiger partial charge in [0, 0.05) is 58.5 Å². The number of carbonyl (C=O) groups is 1. The molecule has 3 heterocycles. The summed E-state index contributed by atoms with van der Waals surface area (Å²) in [5, 5.41) is 17.2. The van der Waals surface area contributed by atoms with Crippen molar-refractivity contribution in [2.24, 2.45) is 0 Å². The van der Waals surface area contributed by atoms with Gasteiger partial charge >= 0.3 is 0 Å². The second-order valence-corrected chi connectivity index (χ2v) is 11.2. The van der Waals surface area contributed by atoms with Crippen LogP contribution in [0.1, 0.15) is 52.2 Å². The number of amides is 1. The molecule has 0 bridgehead atoms. The molecule has 2 aromatic heterocycles. The Bertz CT molecular complexity index is 1350. The first kappa shape index (κ1) is 32.6. The minimum absolute atomic E-state index is 0. The third-order valence-electron chi connectivity index (χ3n) is 8.00. The highest BCUT2D eigenvalue weighted by Crippen LogP contribution is 2.26. The van der Waals surface area contributed by atoms with E-state index in [0.29, 0.717) is 49.5 Å². The van der Waals surface area contributed by atoms with E-state index >= 15 is 0 Å². The Morgan fingerprint density at radius 1 is 1.26 bits per heavy atom. The molecule has 1 amide bonds. The molecule has 11 nitrogen and oxygen atoms in total. The molecule has 1 fully saturated rings. The van der Waals surface area contributed by atoms with E-state index in [-0.39, 0.29) is 25.9 Å². The summed E-state index contributed by atoms with van der Waals surface area (Å²) < 4.78 is 16.5. The highest BCUT2D eigenvalue weighted by molar-refractivity contribution is 7.59. The summed E-state index contributed by atoms with van der Waals surface area (Å²) in [4.78, 5) is 26.1. The summed E-state index contributed by atoms with van der Waals surface area (Å²) in [5.74, 6) is 2.70. The fourth-order valence-electron chi connectivity index (χ4n) is 5.14. The molecule has 1 aliphatic heterocycles. The average Bonchev–Trinajstić information content (AvgIpc) is 3.39. The average molecular weight is 613 g/mol. The van der Waals surface area contributed by atoms with Gasteiger partial charge in [-0.25, -0.2) is 9.97 Å². The van der Waals surface area contributed by atoms with Crippen molar-refractivity contribution in [1.82, 2.24) is 20.2 Å². The molecule has 1 aliphatic carbocycles. The predicted molar refractivity (Wildman–Crippen MR) is 170 cm³/mol. The van der Waals surface area contributed by atoms with Crippen LogP contribution in [0.2, 0.25) is 0 Å². The third-order valence-corrected chi connectivity index (χ3v) is 8.00. The number of aryl methyl sites for hydroxylation is 1. The second kappa shape index (κ2) is 15.4. The number of methoxy groups -OCH3 is 1. The highest BCUT2D eigenvalue weighted by Gasteiger charge is 2.22. The van der Waals surface area contributed by atoms with Crippen molar-refractivity contribution in [1.29, 1.82) is 0 Å². The zero-order valence-electron chi connectivity index (χ0n) is 25.3. The predicted octanol–water partition coefficient (Wildman–Crippen LogP) is 3.27. The van der Waals surface area contributed by atoms with Crippen molar-refractivity contribution >= 4 is 31.0 Å². The molecule has 0 radical (unpaired) electrons. The van der Waals surface area contributed by atoms with Crippen molar-refractivity contribution in [3.8, 4) is 5.75 Å². The maximum Gasteiger partial charge on any atom is 0.251 e. The Hall–Kier alpha value is -3.32. The first-order valence-electron chi connectivity index (χ1n) is 14.7. The molecule has 3 N–H and O–H groups in total. The van der Waals surface area contributed by atoms with Crippen LogP contribution in [0.5, 0.6) is 5.75 Å². The summed E-state index contributed by atoms with van der Waals surface area (Å²) in [5.41, 5.74) is 3.81. The summed E-state index contributed by atoms with van der Waals surface area (Å²) in [6, 6.07) is 10.1. The summed E-state index contributed by atoms with van der Waals surface area (Å²) >= 11 is 0. The lowest BCUT2D eigenvalue weighted by atomic mass is 9.93. The van der Waals surface area contributed by atoms with Gasteiger partial charge in [0.1, 0.15) is 24.0 Å². The van der Waals surface area contributed by atoms with Gasteiger partial charge in [0.15, 0.2) is 12.2 Å². The number of hydrogen-bond acceptors (Lipinski definition) is 10. The Morgan fingerprint density at radius 2 is 2.09 bits per heavy atom. The lowest BCUT2D eigenvalue weighted by Crippen LogP contribution is -2.42. The number of carbonyl (C=O) groups excluding carboxylic acids is 1. The molecule has 1 saturated carbocycles. The van der Waals surface area contributed by atoms with E-state index in [4.69, 9.17) is 18.9 Å². The number of likely N-dealkylation sites (N-methyl/N-ethyl adjacent to an activating group) is 1. The number of β-amino-alcohol motifs (C(OH)–C–C–N with tert-alkyl or cyclic N) is 1. The number of anilines is 2. The third kappa shape index (κ3) is 8.85. The topological polar surface area (TPSA) is 125 Å². The van der Waals surface area contributed by atoms with Crippen LogP contribution in [0.4, 0.5) is 11.6 Å². The molecule has 234 valence electrons. The second-order valence-electron chi connectivity index (χ2n) is 11.2. The van der Waals surface area contributed by atoms with E-state index in [1.165, 1.54) is 23.9 Å². The largest absolute Gasteiger partial charge is 0.486 e. The molecule has 43 heavy (non-hydrogen) atoms. The molecule has 0 saturated heterocycles. The summed E-state index contributed by atoms with van der Waals surface area (Å²) in [7, 11) is 3.60. The van der Waals surface area contributed by atoms with Crippen molar-refractivity contribution in [3.63, 3.8) is 0 Å². The van der Waals surface area contributed by atoms with Gasteiger partial charge in [-0.1, -0.05) is 6.07 Å². The minimum atomic E-state index is -0.693. The standard InChI is InChI=1S/C31H42N6O5.H2S/c1-21-28(42-20-33-21)19-41-27-8-7-23-17-37(10-9-22(23)13-27)18-26(38)16-32-31(39)24-14-29(34-25-5-4-6-25)35-30(15-24)36(2)11-12-40-3;/h7-8,13-15,20,25-26,38H,4-6,9-12,16-19H2,1-3H3,(H,32,39)(H,34,35);1H2/t26-;/m0./s1. The van der Waals surface area contributed by atoms with Crippen LogP contribution in [0.25, 0.3) is 0 Å². The van der Waals surface area contributed by atoms with Crippen molar-refractivity contribution in [2.75, 3.05) is 57.2 Å². The molecular formula is C31H44N6O5S. The molecule has 2 aliphatic rings. The van der Waals surface area contributed by atoms with Crippen LogP contribution in [0.15, 0.2) is 41.1 Å². The zero-order chi connectivity index (χ0) is 29.5. The van der Waals surface area contributed by atoms with Crippen LogP contribution < -0.4 is 20.3 Å². The van der Waals surface area contributed by atoms with Gasteiger partial charge < -0.3 is 34.5 Å². The van der Waals surface area contributed by atoms with Crippen LogP contribution in [-0.4, -0.2) is 85.0 Å². The normalized spacial score (nSPS) is 15.5. The fourth-order valence-corrected chi connectivity index (χ4v) is 5.14. The maximum atomic E-state index is 13.1. The van der Waals surface area contributed by atoms with E-state index in [1.54, 1.807) is 19.2 Å². The number of nitrogens with zero attached hydrogens (tertiary/aromatic N) is 4. The monoisotopic (exact) mass is 612 g/mol. The SMILES string of the molecule is COCCN(C)c1cc(C(=O)NC[C@H](O)CN2CCc3cc(OCc4ocnc4C)ccc3C2)cc(NC2CCC2)n1.S. The Morgan fingerprint density at radius 3 is 2.81 bits per heavy atom. The van der Waals surface area contributed by atoms with Crippen LogP contribution in [-0.2, 0) is 24.3 Å². The van der Waals surface area contributed by atoms with Crippen LogP contribution in [0.3, 0.4) is 0 Å². The van der Waals surface area contributed by atoms with E-state index < -0.39 is 6.10 Å². The molecule has 1 atom stereocenters. The zero-order valence-corrected chi connectivity index (χ0v) is 26.3. The maximum absolute atomic E-state index is 13.1. The van der Waals surface area contributed by atoms with E-state index in [9.17, 15) is 9.90 Å². The number of rotatable bonds is 14. The number of benzene rings is 1. The number of hydrogen-bond donors (Lipinski definition) is 3. The lowest BCUT2D eigenvalue weighted by molar-refractivity contribution is 0.0841. The lowest BCUT2D eigenvalue weighted by Gasteiger charge is -2.30. The number of ether oxygens (including phenoxy) is 2. The van der Waals surface area contributed by atoms with Gasteiger partial charge in [-0.05, 0) is 68.0 Å². The molecule has 0 spiro atoms. The van der Waals surface area contributed by atoms with E-state index in [1.807, 2.05) is 24.9 Å². The van der Waals surface area contributed by atoms with Gasteiger partial charge in [0.2, 0.25) is 0 Å². The fraction of sp³-hybridized carbons (Fsp3) is 0.516.